The summed E-state index contributed by atoms with van der Waals surface area (Å²) in [6.07, 6.45) is 1.28. The van der Waals surface area contributed by atoms with Crippen molar-refractivity contribution in [1.82, 2.24) is 0 Å². The summed E-state index contributed by atoms with van der Waals surface area (Å²) in [7, 11) is -3.81. The van der Waals surface area contributed by atoms with E-state index >= 15 is 0 Å². The molecule has 0 atom stereocenters. The van der Waals surface area contributed by atoms with Crippen molar-refractivity contribution in [3.8, 4) is 0 Å². The third-order valence-corrected chi connectivity index (χ3v) is 5.21. The molecule has 0 spiro atoms. The van der Waals surface area contributed by atoms with Crippen molar-refractivity contribution in [2.45, 2.75) is 25.2 Å². The van der Waals surface area contributed by atoms with Crippen LogP contribution in [-0.4, -0.2) is 19.9 Å². The first-order chi connectivity index (χ1) is 12.0. The van der Waals surface area contributed by atoms with E-state index in [9.17, 15) is 26.4 Å². The number of aryl methyl sites for hydroxylation is 1. The van der Waals surface area contributed by atoms with Crippen molar-refractivity contribution in [3.63, 3.8) is 0 Å². The minimum Gasteiger partial charge on any atom is -0.354 e. The number of nitrogens with one attached hydrogen (secondary N) is 1. The molecule has 0 saturated carbocycles. The lowest BCUT2D eigenvalue weighted by Gasteiger charge is -2.17. The first kappa shape index (κ1) is 20.3. The van der Waals surface area contributed by atoms with Crippen LogP contribution in [0.15, 0.2) is 23.1 Å². The van der Waals surface area contributed by atoms with Crippen LogP contribution in [0.2, 0.25) is 0 Å². The summed E-state index contributed by atoms with van der Waals surface area (Å²) in [6.45, 7) is 2.95. The van der Waals surface area contributed by atoms with Crippen molar-refractivity contribution in [2.75, 3.05) is 11.6 Å². The number of carbonyl (C=O) groups excluding carboxylic acids is 1. The first-order valence-electron chi connectivity index (χ1n) is 7.45. The van der Waals surface area contributed by atoms with Crippen LogP contribution in [-0.2, 0) is 16.3 Å². The van der Waals surface area contributed by atoms with Crippen LogP contribution in [0.25, 0.3) is 0 Å². The molecule has 0 radical (unpaired) electrons. The zero-order valence-electron chi connectivity index (χ0n) is 14.1. The number of benzene rings is 2. The molecule has 0 aliphatic rings. The van der Waals surface area contributed by atoms with E-state index in [1.54, 1.807) is 6.92 Å². The van der Waals surface area contributed by atoms with Gasteiger partial charge in [-0.05, 0) is 42.6 Å². The number of hydrogen-bond acceptors (Lipinski definition) is 4. The van der Waals surface area contributed by atoms with Gasteiger partial charge in [0.15, 0.2) is 27.3 Å². The van der Waals surface area contributed by atoms with Crippen LogP contribution < -0.4 is 5.32 Å². The lowest BCUT2D eigenvalue weighted by atomic mass is 10.0. The molecule has 26 heavy (non-hydrogen) atoms. The second-order valence-corrected chi connectivity index (χ2v) is 8.02. The number of hydrogen-bond donors (Lipinski definition) is 1. The lowest BCUT2D eigenvalue weighted by Crippen LogP contribution is -2.09. The van der Waals surface area contributed by atoms with E-state index in [-0.39, 0.29) is 27.4 Å². The maximum absolute atomic E-state index is 13.8. The molecule has 9 heteroatoms. The van der Waals surface area contributed by atoms with E-state index < -0.39 is 32.5 Å². The Kier molecular flexibility index (Phi) is 5.67. The highest BCUT2D eigenvalue weighted by Crippen LogP contribution is 2.32. The van der Waals surface area contributed by atoms with E-state index in [0.717, 1.165) is 18.4 Å². The summed E-state index contributed by atoms with van der Waals surface area (Å²) in [5, 5.41) is 1.79. The van der Waals surface area contributed by atoms with Crippen molar-refractivity contribution < 1.29 is 26.4 Å². The van der Waals surface area contributed by atoms with Gasteiger partial charge in [-0.15, -0.1) is 0 Å². The molecular formula is C17H15ClF3NO3S. The van der Waals surface area contributed by atoms with Crippen LogP contribution in [0.3, 0.4) is 0 Å². The molecule has 0 heterocycles. The van der Waals surface area contributed by atoms with E-state index in [1.165, 1.54) is 13.0 Å². The highest BCUT2D eigenvalue weighted by molar-refractivity contribution is 7.90. The number of halogens is 4. The maximum atomic E-state index is 13.8. The zero-order chi connectivity index (χ0) is 19.8. The Labute approximate surface area is 153 Å². The van der Waals surface area contributed by atoms with E-state index in [0.29, 0.717) is 12.0 Å². The molecule has 4 nitrogen and oxygen atoms in total. The van der Waals surface area contributed by atoms with Crippen LogP contribution in [0.4, 0.5) is 24.5 Å². The number of anilines is 2. The standard InChI is InChI=1S/C17H15ClF3NO3S/c1-4-9-5-13(14(26(3,24)25)6-10(9)17(18)23)22-12-7-11(19)16(21)15(20)8(12)2/h5-7,22H,4H2,1-3H3. The average molecular weight is 406 g/mol. The minimum atomic E-state index is -3.81. The molecule has 0 aromatic heterocycles. The molecule has 0 unspecified atom stereocenters. The third kappa shape index (κ3) is 3.86. The van der Waals surface area contributed by atoms with Crippen molar-refractivity contribution in [1.29, 1.82) is 0 Å². The quantitative estimate of drug-likeness (QED) is 0.587. The summed E-state index contributed by atoms with van der Waals surface area (Å²) in [6, 6.07) is 3.20. The fourth-order valence-electron chi connectivity index (χ4n) is 2.47. The van der Waals surface area contributed by atoms with Crippen LogP contribution in [0, 0.1) is 24.4 Å². The molecule has 1 N–H and O–H groups in total. The molecule has 0 amide bonds. The molecule has 2 rings (SSSR count). The topological polar surface area (TPSA) is 63.2 Å². The Hall–Kier alpha value is -2.06. The van der Waals surface area contributed by atoms with Gasteiger partial charge in [0.1, 0.15) is 0 Å². The minimum absolute atomic E-state index is 0.000440. The fraction of sp³-hybridized carbons (Fsp3) is 0.235. The molecule has 140 valence electrons. The van der Waals surface area contributed by atoms with E-state index in [4.69, 9.17) is 11.6 Å². The summed E-state index contributed by atoms with van der Waals surface area (Å²) < 4.78 is 64.8. The van der Waals surface area contributed by atoms with Gasteiger partial charge >= 0.3 is 0 Å². The fourth-order valence-corrected chi connectivity index (χ4v) is 3.48. The Morgan fingerprint density at radius 2 is 1.73 bits per heavy atom. The highest BCUT2D eigenvalue weighted by atomic mass is 35.5. The summed E-state index contributed by atoms with van der Waals surface area (Å²) in [4.78, 5) is 11.3. The largest absolute Gasteiger partial charge is 0.354 e. The van der Waals surface area contributed by atoms with Gasteiger partial charge in [-0.2, -0.15) is 0 Å². The van der Waals surface area contributed by atoms with Gasteiger partial charge in [0, 0.05) is 29.1 Å². The number of carbonyl (C=O) groups is 1. The van der Waals surface area contributed by atoms with Crippen molar-refractivity contribution in [2.24, 2.45) is 0 Å². The number of sulfone groups is 1. The normalized spacial score (nSPS) is 11.5. The molecule has 0 saturated heterocycles. The van der Waals surface area contributed by atoms with E-state index in [2.05, 4.69) is 5.32 Å². The first-order valence-corrected chi connectivity index (χ1v) is 9.72. The van der Waals surface area contributed by atoms with Gasteiger partial charge in [0.25, 0.3) is 5.24 Å². The van der Waals surface area contributed by atoms with Gasteiger partial charge in [-0.25, -0.2) is 21.6 Å². The average Bonchev–Trinajstić information content (AvgIpc) is 2.56. The predicted octanol–water partition coefficient (Wildman–Crippen LogP) is 4.50. The maximum Gasteiger partial charge on any atom is 0.252 e. The SMILES string of the molecule is CCc1cc(Nc2cc(F)c(F)c(F)c2C)c(S(C)(=O)=O)cc1C(=O)Cl. The van der Waals surface area contributed by atoms with Gasteiger partial charge in [0.05, 0.1) is 10.6 Å². The van der Waals surface area contributed by atoms with Crippen LogP contribution in [0.1, 0.15) is 28.4 Å². The molecule has 0 aliphatic carbocycles. The van der Waals surface area contributed by atoms with Crippen molar-refractivity contribution in [3.05, 3.63) is 52.3 Å². The van der Waals surface area contributed by atoms with Gasteiger partial charge in [0.2, 0.25) is 0 Å². The number of rotatable bonds is 5. The summed E-state index contributed by atoms with van der Waals surface area (Å²) >= 11 is 5.51. The smallest absolute Gasteiger partial charge is 0.252 e. The lowest BCUT2D eigenvalue weighted by molar-refractivity contribution is 0.108. The monoisotopic (exact) mass is 405 g/mol. The Balaban J connectivity index is 2.72. The Morgan fingerprint density at radius 1 is 1.12 bits per heavy atom. The van der Waals surface area contributed by atoms with Gasteiger partial charge in [-0.1, -0.05) is 6.92 Å². The molecule has 2 aromatic rings. The summed E-state index contributed by atoms with van der Waals surface area (Å²) in [5.74, 6) is -4.41. The third-order valence-electron chi connectivity index (χ3n) is 3.87. The van der Waals surface area contributed by atoms with Crippen LogP contribution >= 0.6 is 11.6 Å². The van der Waals surface area contributed by atoms with E-state index in [1.807, 2.05) is 0 Å². The second kappa shape index (κ2) is 7.28. The van der Waals surface area contributed by atoms with Gasteiger partial charge in [-0.3, -0.25) is 4.79 Å². The molecule has 0 bridgehead atoms. The second-order valence-electron chi connectivity index (χ2n) is 5.69. The van der Waals surface area contributed by atoms with Crippen molar-refractivity contribution >= 4 is 38.1 Å². The van der Waals surface area contributed by atoms with Crippen LogP contribution in [0.5, 0.6) is 0 Å². The zero-order valence-corrected chi connectivity index (χ0v) is 15.7. The summed E-state index contributed by atoms with van der Waals surface area (Å²) in [5.41, 5.74) is 0.102. The van der Waals surface area contributed by atoms with Gasteiger partial charge < -0.3 is 5.32 Å². The molecule has 0 aliphatic heterocycles. The molecule has 0 fully saturated rings. The predicted molar refractivity (Wildman–Crippen MR) is 93.4 cm³/mol. The molecular weight excluding hydrogens is 391 g/mol. The highest BCUT2D eigenvalue weighted by Gasteiger charge is 2.22. The molecule has 2 aromatic carbocycles. The Bertz CT molecular complexity index is 1010. The Morgan fingerprint density at radius 3 is 2.23 bits per heavy atom.